The molecule has 0 unspecified atom stereocenters. The van der Waals surface area contributed by atoms with Crippen molar-refractivity contribution in [3.63, 3.8) is 0 Å². The first kappa shape index (κ1) is 20.4. The second kappa shape index (κ2) is 7.73. The fraction of sp³-hybridized carbons (Fsp3) is 0.250. The molecule has 2 aromatic rings. The Morgan fingerprint density at radius 1 is 0.679 bits per heavy atom. The summed E-state index contributed by atoms with van der Waals surface area (Å²) in [6.45, 7) is 6.37. The number of hydrogen-bond donors (Lipinski definition) is 0. The Balaban J connectivity index is 2.61. The van der Waals surface area contributed by atoms with E-state index in [4.69, 9.17) is 0 Å². The molecule has 12 nitrogen and oxygen atoms in total. The summed E-state index contributed by atoms with van der Waals surface area (Å²) in [6.07, 6.45) is 4.51. The van der Waals surface area contributed by atoms with Crippen molar-refractivity contribution in [1.82, 2.24) is 27.4 Å². The molecule has 0 aliphatic rings. The van der Waals surface area contributed by atoms with Crippen LogP contribution in [-0.4, -0.2) is 27.4 Å². The summed E-state index contributed by atoms with van der Waals surface area (Å²) < 4.78 is 4.26. The summed E-state index contributed by atoms with van der Waals surface area (Å²) in [4.78, 5) is 72.7. The number of hydrogen-bond acceptors (Lipinski definition) is 6. The highest BCUT2D eigenvalue weighted by molar-refractivity contribution is 5.23. The average Bonchev–Trinajstić information content (AvgIpc) is 2.67. The molecule has 0 aromatic carbocycles. The number of rotatable bonds is 6. The first-order valence-electron chi connectivity index (χ1n) is 7.92. The van der Waals surface area contributed by atoms with Crippen molar-refractivity contribution >= 4 is 12.4 Å². The molecule has 0 saturated heterocycles. The monoisotopic (exact) mass is 390 g/mol. The van der Waals surface area contributed by atoms with Crippen LogP contribution in [0.15, 0.2) is 54.1 Å². The Hall–Kier alpha value is -3.96. The molecule has 0 fully saturated rings. The van der Waals surface area contributed by atoms with Crippen molar-refractivity contribution in [1.29, 1.82) is 0 Å². The quantitative estimate of drug-likeness (QED) is 0.489. The van der Waals surface area contributed by atoms with Gasteiger partial charge in [0.25, 0.3) is 0 Å². The van der Waals surface area contributed by atoms with Crippen molar-refractivity contribution in [2.45, 2.75) is 13.1 Å². The Morgan fingerprint density at radius 3 is 1.71 bits per heavy atom. The molecule has 2 heterocycles. The highest BCUT2D eigenvalue weighted by Crippen LogP contribution is 1.82. The Labute approximate surface area is 156 Å². The first-order chi connectivity index (χ1) is 13.2. The van der Waals surface area contributed by atoms with E-state index in [0.717, 1.165) is 26.1 Å². The van der Waals surface area contributed by atoms with Crippen molar-refractivity contribution in [2.75, 3.05) is 0 Å². The summed E-state index contributed by atoms with van der Waals surface area (Å²) in [5.41, 5.74) is -5.27. The van der Waals surface area contributed by atoms with Gasteiger partial charge in [-0.3, -0.25) is 0 Å². The lowest BCUT2D eigenvalue weighted by molar-refractivity contribution is 0.516. The standard InChI is InChI=1S/C16H18N6O6/c1-5-8-20-12(24)18(4)14(26)22(16(20)28)10-7-9-21-13(25)17(3)11(23)19(6-2)15(21)27/h5-7,9H,1-2,8,10H2,3-4H3/b9-7+. The maximum absolute atomic E-state index is 12.4. The van der Waals surface area contributed by atoms with E-state index in [1.165, 1.54) is 26.2 Å². The molecule has 0 aliphatic carbocycles. The smallest absolute Gasteiger partial charge is 0.248 e. The molecular formula is C16H18N6O6. The lowest BCUT2D eigenvalue weighted by Crippen LogP contribution is -2.53. The van der Waals surface area contributed by atoms with E-state index >= 15 is 0 Å². The maximum Gasteiger partial charge on any atom is 0.344 e. The molecule has 0 bridgehead atoms. The van der Waals surface area contributed by atoms with Crippen LogP contribution in [0.1, 0.15) is 0 Å². The van der Waals surface area contributed by atoms with E-state index in [2.05, 4.69) is 13.2 Å². The number of allylic oxidation sites excluding steroid dienone is 2. The van der Waals surface area contributed by atoms with Gasteiger partial charge in [0.15, 0.2) is 0 Å². The summed E-state index contributed by atoms with van der Waals surface area (Å²) in [7, 11) is 2.39. The molecule has 0 saturated carbocycles. The molecule has 28 heavy (non-hydrogen) atoms. The number of aromatic nitrogens is 6. The van der Waals surface area contributed by atoms with E-state index < -0.39 is 34.1 Å². The van der Waals surface area contributed by atoms with Crippen molar-refractivity contribution in [3.05, 3.63) is 88.2 Å². The summed E-state index contributed by atoms with van der Waals surface area (Å²) in [5.74, 6) is 0. The zero-order valence-corrected chi connectivity index (χ0v) is 15.3. The van der Waals surface area contributed by atoms with Crippen molar-refractivity contribution in [2.24, 2.45) is 14.1 Å². The van der Waals surface area contributed by atoms with Crippen LogP contribution in [-0.2, 0) is 27.2 Å². The predicted octanol–water partition coefficient (Wildman–Crippen LogP) is -2.81. The SMILES string of the molecule is C=CCn1c(=O)n(C)c(=O)n(C/C=C/n2c(=O)n(C)c(=O)n(C=C)c2=O)c1=O. The zero-order chi connectivity index (χ0) is 21.2. The Kier molecular flexibility index (Phi) is 5.62. The molecular weight excluding hydrogens is 372 g/mol. The van der Waals surface area contributed by atoms with Gasteiger partial charge in [0.1, 0.15) is 0 Å². The van der Waals surface area contributed by atoms with Crippen LogP contribution in [0.5, 0.6) is 0 Å². The third-order valence-electron chi connectivity index (χ3n) is 3.93. The predicted molar refractivity (Wildman–Crippen MR) is 102 cm³/mol. The fourth-order valence-corrected chi connectivity index (χ4v) is 2.42. The number of nitrogens with zero attached hydrogens (tertiary/aromatic N) is 6. The van der Waals surface area contributed by atoms with Gasteiger partial charge in [-0.25, -0.2) is 56.2 Å². The minimum absolute atomic E-state index is 0.0974. The van der Waals surface area contributed by atoms with E-state index in [1.54, 1.807) is 0 Å². The molecule has 0 aliphatic heterocycles. The average molecular weight is 390 g/mol. The highest BCUT2D eigenvalue weighted by Gasteiger charge is 2.12. The van der Waals surface area contributed by atoms with Crippen LogP contribution in [0.2, 0.25) is 0 Å². The van der Waals surface area contributed by atoms with E-state index in [-0.39, 0.29) is 13.1 Å². The lowest BCUT2D eigenvalue weighted by Gasteiger charge is -2.09. The second-order valence-corrected chi connectivity index (χ2v) is 5.63. The van der Waals surface area contributed by atoms with Gasteiger partial charge in [0.05, 0.1) is 13.1 Å². The Morgan fingerprint density at radius 2 is 1.18 bits per heavy atom. The molecule has 2 aromatic heterocycles. The Bertz CT molecular complexity index is 1340. The fourth-order valence-electron chi connectivity index (χ4n) is 2.42. The molecule has 0 radical (unpaired) electrons. The van der Waals surface area contributed by atoms with Crippen LogP contribution in [0.25, 0.3) is 12.4 Å². The second-order valence-electron chi connectivity index (χ2n) is 5.63. The lowest BCUT2D eigenvalue weighted by atomic mass is 10.5. The van der Waals surface area contributed by atoms with Gasteiger partial charge in [-0.2, -0.15) is 0 Å². The third-order valence-corrected chi connectivity index (χ3v) is 3.93. The van der Waals surface area contributed by atoms with Gasteiger partial charge >= 0.3 is 34.1 Å². The van der Waals surface area contributed by atoms with Gasteiger partial charge in [0, 0.05) is 26.5 Å². The topological polar surface area (TPSA) is 132 Å². The van der Waals surface area contributed by atoms with E-state index in [9.17, 15) is 28.8 Å². The molecule has 148 valence electrons. The van der Waals surface area contributed by atoms with E-state index in [0.29, 0.717) is 13.7 Å². The van der Waals surface area contributed by atoms with Gasteiger partial charge < -0.3 is 0 Å². The molecule has 0 spiro atoms. The van der Waals surface area contributed by atoms with Crippen molar-refractivity contribution in [3.8, 4) is 0 Å². The van der Waals surface area contributed by atoms with Crippen LogP contribution in [0.3, 0.4) is 0 Å². The van der Waals surface area contributed by atoms with Gasteiger partial charge in [0.2, 0.25) is 0 Å². The summed E-state index contributed by atoms with van der Waals surface area (Å²) in [5, 5.41) is 0. The minimum atomic E-state index is -0.962. The molecule has 0 N–H and O–H groups in total. The first-order valence-corrected chi connectivity index (χ1v) is 7.92. The van der Waals surface area contributed by atoms with Gasteiger partial charge in [-0.05, 0) is 6.08 Å². The molecule has 0 amide bonds. The van der Waals surface area contributed by atoms with Gasteiger partial charge in [-0.1, -0.05) is 12.7 Å². The van der Waals surface area contributed by atoms with Crippen LogP contribution >= 0.6 is 0 Å². The molecule has 2 rings (SSSR count). The molecule has 12 heteroatoms. The van der Waals surface area contributed by atoms with Crippen LogP contribution in [0, 0.1) is 0 Å². The maximum atomic E-state index is 12.4. The van der Waals surface area contributed by atoms with Crippen LogP contribution < -0.4 is 34.1 Å². The van der Waals surface area contributed by atoms with Crippen molar-refractivity contribution < 1.29 is 0 Å². The zero-order valence-electron chi connectivity index (χ0n) is 15.3. The van der Waals surface area contributed by atoms with Crippen LogP contribution in [0.4, 0.5) is 0 Å². The van der Waals surface area contributed by atoms with E-state index in [1.807, 2.05) is 0 Å². The molecule has 0 atom stereocenters. The van der Waals surface area contributed by atoms with Gasteiger partial charge in [-0.15, -0.1) is 6.58 Å². The summed E-state index contributed by atoms with van der Waals surface area (Å²) >= 11 is 0. The largest absolute Gasteiger partial charge is 0.344 e. The summed E-state index contributed by atoms with van der Waals surface area (Å²) in [6, 6.07) is 0. The highest BCUT2D eigenvalue weighted by atomic mass is 16.2. The third kappa shape index (κ3) is 3.22. The normalized spacial score (nSPS) is 11.1. The minimum Gasteiger partial charge on any atom is -0.248 e.